The summed E-state index contributed by atoms with van der Waals surface area (Å²) in [6.45, 7) is 0.595. The lowest BCUT2D eigenvalue weighted by atomic mass is 10.0. The molecule has 0 aliphatic heterocycles. The molecule has 0 bridgehead atoms. The number of H-pyrrole nitrogens is 1. The Bertz CT molecular complexity index is 987. The summed E-state index contributed by atoms with van der Waals surface area (Å²) in [6, 6.07) is 15.0. The van der Waals surface area contributed by atoms with E-state index in [2.05, 4.69) is 10.2 Å². The first-order valence-corrected chi connectivity index (χ1v) is 8.66. The van der Waals surface area contributed by atoms with E-state index in [1.165, 1.54) is 0 Å². The third-order valence-corrected chi connectivity index (χ3v) is 4.42. The Morgan fingerprint density at radius 3 is 2.59 bits per heavy atom. The number of hydrogen-bond donors (Lipinski definition) is 2. The second-order valence-electron chi connectivity index (χ2n) is 6.20. The van der Waals surface area contributed by atoms with Gasteiger partial charge in [0.05, 0.1) is 11.1 Å². The van der Waals surface area contributed by atoms with Crippen LogP contribution in [0.3, 0.4) is 0 Å². The predicted molar refractivity (Wildman–Crippen MR) is 111 cm³/mol. The summed E-state index contributed by atoms with van der Waals surface area (Å²) in [5, 5.41) is 8.15. The van der Waals surface area contributed by atoms with Gasteiger partial charge in [-0.3, -0.25) is 9.59 Å². The van der Waals surface area contributed by atoms with E-state index in [1.807, 2.05) is 42.5 Å². The molecule has 0 aliphatic rings. The fourth-order valence-corrected chi connectivity index (χ4v) is 2.93. The molecule has 3 rings (SSSR count). The zero-order chi connectivity index (χ0) is 18.5. The minimum absolute atomic E-state index is 0. The molecule has 0 saturated heterocycles. The molecule has 0 aliphatic carbocycles. The van der Waals surface area contributed by atoms with Crippen LogP contribution in [0, 0.1) is 0 Å². The summed E-state index contributed by atoms with van der Waals surface area (Å²) in [7, 11) is 1.77. The van der Waals surface area contributed by atoms with E-state index in [0.717, 1.165) is 29.5 Å². The molecule has 0 spiro atoms. The lowest BCUT2D eigenvalue weighted by Crippen LogP contribution is -2.26. The van der Waals surface area contributed by atoms with Crippen molar-refractivity contribution in [1.29, 1.82) is 0 Å². The number of anilines is 1. The number of amides is 1. The second kappa shape index (κ2) is 9.30. The first-order chi connectivity index (χ1) is 12.6. The number of halogens is 1. The molecule has 0 unspecified atom stereocenters. The minimum Gasteiger partial charge on any atom is -0.330 e. The number of hydrogen-bond acceptors (Lipinski definition) is 4. The Morgan fingerprint density at radius 1 is 1.11 bits per heavy atom. The van der Waals surface area contributed by atoms with Gasteiger partial charge in [-0.1, -0.05) is 30.3 Å². The van der Waals surface area contributed by atoms with Crippen LogP contribution in [0.15, 0.2) is 53.3 Å². The van der Waals surface area contributed by atoms with Crippen LogP contribution in [0.5, 0.6) is 0 Å². The van der Waals surface area contributed by atoms with Crippen LogP contribution in [0.25, 0.3) is 22.0 Å². The van der Waals surface area contributed by atoms with Gasteiger partial charge in [0.2, 0.25) is 5.91 Å². The number of nitrogens with one attached hydrogen (secondary N) is 1. The molecule has 1 aromatic heterocycles. The first kappa shape index (κ1) is 20.6. The highest BCUT2D eigenvalue weighted by atomic mass is 35.5. The van der Waals surface area contributed by atoms with Gasteiger partial charge in [-0.2, -0.15) is 5.10 Å². The number of fused-ring (bicyclic) bond motifs is 1. The predicted octanol–water partition coefficient (Wildman–Crippen LogP) is 3.10. The normalized spacial score (nSPS) is 10.4. The topological polar surface area (TPSA) is 92.1 Å². The molecular weight excluding hydrogens is 364 g/mol. The highest BCUT2D eigenvalue weighted by Crippen LogP contribution is 2.27. The average molecular weight is 387 g/mol. The van der Waals surface area contributed by atoms with Crippen molar-refractivity contribution in [3.05, 3.63) is 58.9 Å². The maximum atomic E-state index is 12.3. The lowest BCUT2D eigenvalue weighted by molar-refractivity contribution is -0.118. The average Bonchev–Trinajstić information content (AvgIpc) is 2.68. The Hall–Kier alpha value is -2.70. The largest absolute Gasteiger partial charge is 0.330 e. The smallest absolute Gasteiger partial charge is 0.272 e. The summed E-state index contributed by atoms with van der Waals surface area (Å²) < 4.78 is 0. The van der Waals surface area contributed by atoms with E-state index >= 15 is 0 Å². The molecule has 0 atom stereocenters. The van der Waals surface area contributed by atoms with Gasteiger partial charge in [0.25, 0.3) is 5.56 Å². The van der Waals surface area contributed by atoms with E-state index in [-0.39, 0.29) is 23.9 Å². The number of carbonyl (C=O) groups is 1. The van der Waals surface area contributed by atoms with Gasteiger partial charge in [0, 0.05) is 30.1 Å². The van der Waals surface area contributed by atoms with E-state index in [4.69, 9.17) is 5.73 Å². The zero-order valence-corrected chi connectivity index (χ0v) is 16.0. The molecule has 7 heteroatoms. The van der Waals surface area contributed by atoms with Crippen LogP contribution in [0.1, 0.15) is 19.3 Å². The van der Waals surface area contributed by atoms with Crippen molar-refractivity contribution in [2.75, 3.05) is 18.5 Å². The van der Waals surface area contributed by atoms with Crippen molar-refractivity contribution in [2.24, 2.45) is 5.73 Å². The third kappa shape index (κ3) is 4.53. The Morgan fingerprint density at radius 2 is 1.85 bits per heavy atom. The van der Waals surface area contributed by atoms with Crippen molar-refractivity contribution in [3.63, 3.8) is 0 Å². The molecule has 1 heterocycles. The lowest BCUT2D eigenvalue weighted by Gasteiger charge is -2.18. The van der Waals surface area contributed by atoms with Gasteiger partial charge in [-0.15, -0.1) is 12.4 Å². The zero-order valence-electron chi connectivity index (χ0n) is 15.1. The van der Waals surface area contributed by atoms with Gasteiger partial charge in [0.1, 0.15) is 0 Å². The maximum absolute atomic E-state index is 12.3. The number of unbranched alkanes of at least 4 members (excludes halogenated alkanes) is 1. The van der Waals surface area contributed by atoms with E-state index in [0.29, 0.717) is 24.0 Å². The first-order valence-electron chi connectivity index (χ1n) is 8.66. The number of nitrogens with two attached hydrogens (primary N) is 1. The molecule has 0 radical (unpaired) electrons. The summed E-state index contributed by atoms with van der Waals surface area (Å²) in [4.78, 5) is 26.0. The van der Waals surface area contributed by atoms with Crippen LogP contribution >= 0.6 is 12.4 Å². The molecule has 3 aromatic rings. The standard InChI is InChI=1S/C20H22N4O2.ClH/c1-24(18(25)11-4-5-12-21)15-8-6-7-14(13-15)19-16-9-2-3-10-17(16)20(26)23-22-19;/h2-3,6-10,13H,4-5,11-12,21H2,1H3,(H,23,26);1H. The highest BCUT2D eigenvalue weighted by Gasteiger charge is 2.13. The fraction of sp³-hybridized carbons (Fsp3) is 0.250. The van der Waals surface area contributed by atoms with Crippen molar-refractivity contribution >= 4 is 34.8 Å². The number of rotatable bonds is 6. The second-order valence-corrected chi connectivity index (χ2v) is 6.20. The number of aromatic amines is 1. The minimum atomic E-state index is -0.215. The van der Waals surface area contributed by atoms with Crippen molar-refractivity contribution in [3.8, 4) is 11.3 Å². The SMILES string of the molecule is CN(C(=O)CCCCN)c1cccc(-c2n[nH]c(=O)c3ccccc23)c1.Cl. The molecule has 142 valence electrons. The van der Waals surface area contributed by atoms with Crippen LogP contribution in [-0.2, 0) is 4.79 Å². The monoisotopic (exact) mass is 386 g/mol. The summed E-state index contributed by atoms with van der Waals surface area (Å²) in [5.41, 5.74) is 7.59. The van der Waals surface area contributed by atoms with Gasteiger partial charge in [-0.05, 0) is 37.6 Å². The molecule has 6 nitrogen and oxygen atoms in total. The maximum Gasteiger partial charge on any atom is 0.272 e. The molecule has 0 saturated carbocycles. The highest BCUT2D eigenvalue weighted by molar-refractivity contribution is 5.96. The van der Waals surface area contributed by atoms with E-state index < -0.39 is 0 Å². The molecule has 0 fully saturated rings. The number of carbonyl (C=O) groups excluding carboxylic acids is 1. The molecule has 27 heavy (non-hydrogen) atoms. The van der Waals surface area contributed by atoms with Crippen molar-refractivity contribution in [1.82, 2.24) is 10.2 Å². The molecular formula is C20H23ClN4O2. The number of nitrogens with zero attached hydrogens (tertiary/aromatic N) is 2. The van der Waals surface area contributed by atoms with Crippen LogP contribution in [-0.4, -0.2) is 29.7 Å². The third-order valence-electron chi connectivity index (χ3n) is 4.42. The van der Waals surface area contributed by atoms with E-state index in [1.54, 1.807) is 18.0 Å². The Labute approximate surface area is 163 Å². The fourth-order valence-electron chi connectivity index (χ4n) is 2.93. The van der Waals surface area contributed by atoms with Gasteiger partial charge >= 0.3 is 0 Å². The van der Waals surface area contributed by atoms with Gasteiger partial charge in [0.15, 0.2) is 0 Å². The summed E-state index contributed by atoms with van der Waals surface area (Å²) >= 11 is 0. The number of benzene rings is 2. The Balaban J connectivity index is 0.00000261. The van der Waals surface area contributed by atoms with Crippen LogP contribution < -0.4 is 16.2 Å². The van der Waals surface area contributed by atoms with Crippen molar-refractivity contribution < 1.29 is 4.79 Å². The number of aromatic nitrogens is 2. The van der Waals surface area contributed by atoms with Crippen LogP contribution in [0.2, 0.25) is 0 Å². The quantitative estimate of drug-likeness (QED) is 0.636. The van der Waals surface area contributed by atoms with Crippen molar-refractivity contribution in [2.45, 2.75) is 19.3 Å². The summed E-state index contributed by atoms with van der Waals surface area (Å²) in [5.74, 6) is 0.0508. The van der Waals surface area contributed by atoms with Crippen LogP contribution in [0.4, 0.5) is 5.69 Å². The summed E-state index contributed by atoms with van der Waals surface area (Å²) in [6.07, 6.45) is 2.09. The molecule has 1 amide bonds. The van der Waals surface area contributed by atoms with E-state index in [9.17, 15) is 9.59 Å². The van der Waals surface area contributed by atoms with Gasteiger partial charge < -0.3 is 10.6 Å². The van der Waals surface area contributed by atoms with Gasteiger partial charge in [-0.25, -0.2) is 5.10 Å². The molecule has 2 aromatic carbocycles. The molecule has 3 N–H and O–H groups in total. The Kier molecular flexibility index (Phi) is 7.10.